The number of nitrogens with one attached hydrogen (secondary N) is 1. The Kier molecular flexibility index (Phi) is 10.4. The van der Waals surface area contributed by atoms with E-state index in [4.69, 9.17) is 0 Å². The summed E-state index contributed by atoms with van der Waals surface area (Å²) in [6, 6.07) is 0. The molecule has 2 rings (SSSR count). The fourth-order valence-corrected chi connectivity index (χ4v) is 4.59. The highest BCUT2D eigenvalue weighted by Crippen LogP contribution is 2.29. The standard InChI is InChI=1S/C18H36N4S.HI/c1-16-7-11-21(12-8-16)10-6-5-9-20-17(19-4)22-13-14-23-18(2,3)15-22;/h16H,5-15H2,1-4H3,(H,19,20);1H. The zero-order valence-corrected chi connectivity index (χ0v) is 19.2. The topological polar surface area (TPSA) is 30.9 Å². The minimum absolute atomic E-state index is 0. The zero-order valence-electron chi connectivity index (χ0n) is 16.0. The largest absolute Gasteiger partial charge is 0.356 e. The fraction of sp³-hybridized carbons (Fsp3) is 0.944. The average molecular weight is 468 g/mol. The van der Waals surface area contributed by atoms with Crippen molar-refractivity contribution in [2.24, 2.45) is 10.9 Å². The number of likely N-dealkylation sites (tertiary alicyclic amines) is 1. The van der Waals surface area contributed by atoms with E-state index < -0.39 is 0 Å². The van der Waals surface area contributed by atoms with E-state index in [9.17, 15) is 0 Å². The van der Waals surface area contributed by atoms with E-state index in [-0.39, 0.29) is 24.0 Å². The summed E-state index contributed by atoms with van der Waals surface area (Å²) in [6.45, 7) is 14.2. The number of hydrogen-bond acceptors (Lipinski definition) is 3. The molecule has 0 radical (unpaired) electrons. The highest BCUT2D eigenvalue weighted by molar-refractivity contribution is 14.0. The smallest absolute Gasteiger partial charge is 0.193 e. The minimum Gasteiger partial charge on any atom is -0.356 e. The Morgan fingerprint density at radius 2 is 1.92 bits per heavy atom. The van der Waals surface area contributed by atoms with Gasteiger partial charge in [-0.05, 0) is 65.1 Å². The molecule has 6 heteroatoms. The lowest BCUT2D eigenvalue weighted by atomic mass is 9.99. The SMILES string of the molecule is CN=C(NCCCCN1CCC(C)CC1)N1CCSC(C)(C)C1.I. The third kappa shape index (κ3) is 7.68. The molecular weight excluding hydrogens is 431 g/mol. The number of piperidine rings is 1. The van der Waals surface area contributed by atoms with Gasteiger partial charge < -0.3 is 15.1 Å². The number of guanidine groups is 1. The number of hydrogen-bond donors (Lipinski definition) is 1. The van der Waals surface area contributed by atoms with Gasteiger partial charge in [-0.1, -0.05) is 6.92 Å². The predicted octanol–water partition coefficient (Wildman–Crippen LogP) is 3.52. The van der Waals surface area contributed by atoms with Gasteiger partial charge in [-0.3, -0.25) is 4.99 Å². The summed E-state index contributed by atoms with van der Waals surface area (Å²) in [6.07, 6.45) is 5.29. The van der Waals surface area contributed by atoms with Gasteiger partial charge >= 0.3 is 0 Å². The molecule has 4 nitrogen and oxygen atoms in total. The van der Waals surface area contributed by atoms with Gasteiger partial charge in [0.2, 0.25) is 0 Å². The molecule has 2 fully saturated rings. The first-order chi connectivity index (χ1) is 11.0. The van der Waals surface area contributed by atoms with Crippen LogP contribution >= 0.6 is 35.7 Å². The summed E-state index contributed by atoms with van der Waals surface area (Å²) in [5.74, 6) is 3.22. The highest BCUT2D eigenvalue weighted by atomic mass is 127. The van der Waals surface area contributed by atoms with Crippen molar-refractivity contribution in [2.75, 3.05) is 52.1 Å². The number of halogens is 1. The zero-order chi connectivity index (χ0) is 16.7. The first-order valence-electron chi connectivity index (χ1n) is 9.32. The Hall–Kier alpha value is 0.310. The third-order valence-electron chi connectivity index (χ3n) is 5.00. The van der Waals surface area contributed by atoms with Crippen LogP contribution in [0.25, 0.3) is 0 Å². The van der Waals surface area contributed by atoms with Crippen molar-refractivity contribution in [3.05, 3.63) is 0 Å². The van der Waals surface area contributed by atoms with Gasteiger partial charge in [-0.2, -0.15) is 11.8 Å². The lowest BCUT2D eigenvalue weighted by Gasteiger charge is -2.39. The Labute approximate surface area is 170 Å². The molecule has 0 unspecified atom stereocenters. The van der Waals surface area contributed by atoms with Crippen LogP contribution in [0.1, 0.15) is 46.5 Å². The summed E-state index contributed by atoms with van der Waals surface area (Å²) in [5.41, 5.74) is 0. The van der Waals surface area contributed by atoms with Crippen LogP contribution in [0.2, 0.25) is 0 Å². The van der Waals surface area contributed by atoms with E-state index >= 15 is 0 Å². The van der Waals surface area contributed by atoms with Crippen LogP contribution in [0.4, 0.5) is 0 Å². The molecule has 2 heterocycles. The summed E-state index contributed by atoms with van der Waals surface area (Å²) in [4.78, 5) is 9.54. The molecule has 0 spiro atoms. The molecule has 0 aliphatic carbocycles. The third-order valence-corrected chi connectivity index (χ3v) is 6.29. The van der Waals surface area contributed by atoms with Crippen LogP contribution in [0.15, 0.2) is 4.99 Å². The van der Waals surface area contributed by atoms with E-state index in [0.717, 1.165) is 31.5 Å². The molecule has 0 bridgehead atoms. The second-order valence-corrected chi connectivity index (χ2v) is 9.54. The van der Waals surface area contributed by atoms with Gasteiger partial charge in [0.05, 0.1) is 0 Å². The number of thioether (sulfide) groups is 1. The van der Waals surface area contributed by atoms with Crippen LogP contribution < -0.4 is 5.32 Å². The van der Waals surface area contributed by atoms with E-state index in [2.05, 4.69) is 52.6 Å². The lowest BCUT2D eigenvalue weighted by Crippen LogP contribution is -2.51. The minimum atomic E-state index is 0. The normalized spacial score (nSPS) is 23.0. The van der Waals surface area contributed by atoms with E-state index in [1.54, 1.807) is 0 Å². The number of aliphatic imine (C=N–C) groups is 1. The van der Waals surface area contributed by atoms with E-state index in [1.807, 2.05) is 7.05 Å². The molecule has 0 aromatic heterocycles. The Morgan fingerprint density at radius 1 is 1.21 bits per heavy atom. The molecular formula is C18H37IN4S. The molecule has 0 aromatic carbocycles. The molecule has 142 valence electrons. The number of rotatable bonds is 5. The predicted molar refractivity (Wildman–Crippen MR) is 119 cm³/mol. The van der Waals surface area contributed by atoms with Crippen molar-refractivity contribution in [3.8, 4) is 0 Å². The molecule has 2 aliphatic rings. The van der Waals surface area contributed by atoms with Gasteiger partial charge in [0.25, 0.3) is 0 Å². The molecule has 24 heavy (non-hydrogen) atoms. The second-order valence-electron chi connectivity index (χ2n) is 7.73. The van der Waals surface area contributed by atoms with Crippen LogP contribution in [0.5, 0.6) is 0 Å². The monoisotopic (exact) mass is 468 g/mol. The van der Waals surface area contributed by atoms with Crippen molar-refractivity contribution in [2.45, 2.75) is 51.2 Å². The summed E-state index contributed by atoms with van der Waals surface area (Å²) in [5, 5.41) is 3.57. The molecule has 1 N–H and O–H groups in total. The quantitative estimate of drug-likeness (QED) is 0.290. The van der Waals surface area contributed by atoms with Crippen LogP contribution in [0, 0.1) is 5.92 Å². The van der Waals surface area contributed by atoms with Gasteiger partial charge in [0, 0.05) is 37.2 Å². The highest BCUT2D eigenvalue weighted by Gasteiger charge is 2.28. The van der Waals surface area contributed by atoms with Gasteiger partial charge in [0.15, 0.2) is 5.96 Å². The van der Waals surface area contributed by atoms with Crippen molar-refractivity contribution < 1.29 is 0 Å². The Morgan fingerprint density at radius 3 is 2.54 bits per heavy atom. The summed E-state index contributed by atoms with van der Waals surface area (Å²) in [7, 11) is 1.91. The molecule has 2 saturated heterocycles. The van der Waals surface area contributed by atoms with Crippen molar-refractivity contribution in [3.63, 3.8) is 0 Å². The lowest BCUT2D eigenvalue weighted by molar-refractivity contribution is 0.189. The van der Waals surface area contributed by atoms with Crippen LogP contribution in [-0.2, 0) is 0 Å². The average Bonchev–Trinajstić information content (AvgIpc) is 2.51. The Balaban J connectivity index is 0.00000288. The maximum atomic E-state index is 4.48. The number of unbranched alkanes of at least 4 members (excludes halogenated alkanes) is 1. The maximum absolute atomic E-state index is 4.48. The van der Waals surface area contributed by atoms with Gasteiger partial charge in [-0.15, -0.1) is 24.0 Å². The first kappa shape index (κ1) is 22.4. The molecule has 0 saturated carbocycles. The Bertz CT molecular complexity index is 381. The van der Waals surface area contributed by atoms with Gasteiger partial charge in [-0.25, -0.2) is 0 Å². The van der Waals surface area contributed by atoms with Crippen LogP contribution in [0.3, 0.4) is 0 Å². The summed E-state index contributed by atoms with van der Waals surface area (Å²) < 4.78 is 0.335. The van der Waals surface area contributed by atoms with E-state index in [0.29, 0.717) is 4.75 Å². The van der Waals surface area contributed by atoms with Crippen molar-refractivity contribution >= 4 is 41.7 Å². The van der Waals surface area contributed by atoms with E-state index in [1.165, 1.54) is 51.1 Å². The molecule has 0 atom stereocenters. The molecule has 0 amide bonds. The second kappa shape index (κ2) is 11.1. The van der Waals surface area contributed by atoms with Gasteiger partial charge in [0.1, 0.15) is 0 Å². The van der Waals surface area contributed by atoms with Crippen molar-refractivity contribution in [1.29, 1.82) is 0 Å². The summed E-state index contributed by atoms with van der Waals surface area (Å²) >= 11 is 2.07. The van der Waals surface area contributed by atoms with Crippen LogP contribution in [-0.4, -0.2) is 72.6 Å². The van der Waals surface area contributed by atoms with Crippen molar-refractivity contribution in [1.82, 2.24) is 15.1 Å². The first-order valence-corrected chi connectivity index (χ1v) is 10.3. The molecule has 2 aliphatic heterocycles. The fourth-order valence-electron chi connectivity index (χ4n) is 3.48. The maximum Gasteiger partial charge on any atom is 0.193 e. The molecule has 0 aromatic rings. The number of nitrogens with zero attached hydrogens (tertiary/aromatic N) is 3.